The minimum atomic E-state index is -1.36. The maximum atomic E-state index is 14.1. The molecular formula is C29H25N3O6. The van der Waals surface area contributed by atoms with Gasteiger partial charge in [0.05, 0.1) is 18.4 Å². The fourth-order valence-electron chi connectivity index (χ4n) is 6.47. The van der Waals surface area contributed by atoms with Gasteiger partial charge in [0.2, 0.25) is 24.5 Å². The zero-order valence-electron chi connectivity index (χ0n) is 20.6. The predicted octanol–water partition coefficient (Wildman–Crippen LogP) is 2.59. The van der Waals surface area contributed by atoms with Crippen molar-refractivity contribution in [1.29, 1.82) is 0 Å². The van der Waals surface area contributed by atoms with Gasteiger partial charge in [0.15, 0.2) is 11.5 Å². The molecule has 0 bridgehead atoms. The molecule has 0 unspecified atom stereocenters. The van der Waals surface area contributed by atoms with Crippen molar-refractivity contribution in [2.45, 2.75) is 31.5 Å². The molecule has 9 nitrogen and oxygen atoms in total. The first kappa shape index (κ1) is 22.8. The number of benzene rings is 3. The molecule has 3 aromatic carbocycles. The second-order valence-corrected chi connectivity index (χ2v) is 10.3. The summed E-state index contributed by atoms with van der Waals surface area (Å²) in [6, 6.07) is 17.3. The zero-order chi connectivity index (χ0) is 26.2. The summed E-state index contributed by atoms with van der Waals surface area (Å²) in [5.74, 6) is -1.29. The SMILES string of the molecule is Cc1cccc2c1NC(=O)[C@@]21N[C@@H](Cc2ccc(O)cc2)[C@H]2C(=O)N(Cc3ccc4c(c3)OCO4)C(=O)[C@H]21. The molecule has 4 heterocycles. The Kier molecular flexibility index (Phi) is 4.84. The number of hydrogen-bond donors (Lipinski definition) is 3. The van der Waals surface area contributed by atoms with E-state index in [1.54, 1.807) is 36.4 Å². The van der Waals surface area contributed by atoms with E-state index in [0.29, 0.717) is 29.2 Å². The van der Waals surface area contributed by atoms with Crippen LogP contribution in [0.4, 0.5) is 5.69 Å². The van der Waals surface area contributed by atoms with E-state index in [-0.39, 0.29) is 36.8 Å². The second-order valence-electron chi connectivity index (χ2n) is 10.3. The van der Waals surface area contributed by atoms with Gasteiger partial charge >= 0.3 is 0 Å². The van der Waals surface area contributed by atoms with Crippen LogP contribution in [0.1, 0.15) is 22.3 Å². The molecule has 1 spiro atoms. The summed E-state index contributed by atoms with van der Waals surface area (Å²) in [4.78, 5) is 43.0. The van der Waals surface area contributed by atoms with Crippen molar-refractivity contribution in [3.63, 3.8) is 0 Å². The number of aryl methyl sites for hydroxylation is 1. The highest BCUT2D eigenvalue weighted by molar-refractivity contribution is 6.15. The highest BCUT2D eigenvalue weighted by atomic mass is 16.7. The minimum Gasteiger partial charge on any atom is -0.508 e. The number of phenolic OH excluding ortho intramolecular Hbond substituents is 1. The van der Waals surface area contributed by atoms with E-state index < -0.39 is 23.4 Å². The van der Waals surface area contributed by atoms with Crippen molar-refractivity contribution in [3.05, 3.63) is 82.9 Å². The summed E-state index contributed by atoms with van der Waals surface area (Å²) in [6.45, 7) is 2.11. The Morgan fingerprint density at radius 2 is 1.74 bits per heavy atom. The van der Waals surface area contributed by atoms with Gasteiger partial charge in [0.1, 0.15) is 11.3 Å². The Hall–Kier alpha value is -4.37. The van der Waals surface area contributed by atoms with Crippen LogP contribution in [0.25, 0.3) is 0 Å². The molecule has 0 aromatic heterocycles. The smallest absolute Gasteiger partial charge is 0.250 e. The Labute approximate surface area is 218 Å². The van der Waals surface area contributed by atoms with Gasteiger partial charge in [-0.15, -0.1) is 0 Å². The average Bonchev–Trinajstić information content (AvgIpc) is 3.63. The van der Waals surface area contributed by atoms with Crippen molar-refractivity contribution in [1.82, 2.24) is 10.2 Å². The Morgan fingerprint density at radius 1 is 0.974 bits per heavy atom. The van der Waals surface area contributed by atoms with Gasteiger partial charge in [0, 0.05) is 17.3 Å². The van der Waals surface area contributed by atoms with Crippen LogP contribution in [0.2, 0.25) is 0 Å². The van der Waals surface area contributed by atoms with Gasteiger partial charge < -0.3 is 19.9 Å². The van der Waals surface area contributed by atoms with Crippen LogP contribution in [0.5, 0.6) is 17.2 Å². The van der Waals surface area contributed by atoms with E-state index in [1.807, 2.05) is 31.2 Å². The summed E-state index contributed by atoms with van der Waals surface area (Å²) in [6.07, 6.45) is 0.411. The molecule has 4 atom stereocenters. The molecule has 7 rings (SSSR count). The number of carbonyl (C=O) groups is 3. The van der Waals surface area contributed by atoms with Gasteiger partial charge in [-0.2, -0.15) is 0 Å². The lowest BCUT2D eigenvalue weighted by atomic mass is 9.76. The van der Waals surface area contributed by atoms with Crippen molar-refractivity contribution in [3.8, 4) is 17.2 Å². The number of amides is 3. The predicted molar refractivity (Wildman–Crippen MR) is 135 cm³/mol. The van der Waals surface area contributed by atoms with E-state index in [4.69, 9.17) is 9.47 Å². The highest BCUT2D eigenvalue weighted by Crippen LogP contribution is 2.54. The summed E-state index contributed by atoms with van der Waals surface area (Å²) in [5.41, 5.74) is 2.53. The molecule has 0 radical (unpaired) electrons. The van der Waals surface area contributed by atoms with Crippen LogP contribution in [-0.2, 0) is 32.9 Å². The summed E-state index contributed by atoms with van der Waals surface area (Å²) in [5, 5.41) is 16.2. The third kappa shape index (κ3) is 3.11. The number of aromatic hydroxyl groups is 1. The zero-order valence-corrected chi connectivity index (χ0v) is 20.6. The molecule has 2 saturated heterocycles. The Morgan fingerprint density at radius 3 is 2.55 bits per heavy atom. The summed E-state index contributed by atoms with van der Waals surface area (Å²) < 4.78 is 10.9. The summed E-state index contributed by atoms with van der Waals surface area (Å²) in [7, 11) is 0. The molecule has 3 N–H and O–H groups in total. The van der Waals surface area contributed by atoms with Gasteiger partial charge in [-0.1, -0.05) is 36.4 Å². The topological polar surface area (TPSA) is 117 Å². The van der Waals surface area contributed by atoms with E-state index in [2.05, 4.69) is 10.6 Å². The number of imide groups is 1. The van der Waals surface area contributed by atoms with E-state index in [9.17, 15) is 19.5 Å². The molecule has 2 fully saturated rings. The quantitative estimate of drug-likeness (QED) is 0.461. The van der Waals surface area contributed by atoms with Crippen molar-refractivity contribution < 1.29 is 29.0 Å². The maximum Gasteiger partial charge on any atom is 0.250 e. The fourth-order valence-corrected chi connectivity index (χ4v) is 6.47. The molecule has 0 saturated carbocycles. The lowest BCUT2D eigenvalue weighted by molar-refractivity contribution is -0.143. The van der Waals surface area contributed by atoms with Crippen LogP contribution < -0.4 is 20.1 Å². The average molecular weight is 512 g/mol. The first-order valence-corrected chi connectivity index (χ1v) is 12.6. The first-order valence-electron chi connectivity index (χ1n) is 12.6. The lowest BCUT2D eigenvalue weighted by Gasteiger charge is -2.29. The molecule has 3 aromatic rings. The number of rotatable bonds is 4. The first-order chi connectivity index (χ1) is 18.4. The number of hydrogen-bond acceptors (Lipinski definition) is 7. The molecule has 4 aliphatic rings. The lowest BCUT2D eigenvalue weighted by Crippen LogP contribution is -2.53. The Bertz CT molecular complexity index is 1520. The molecule has 4 aliphatic heterocycles. The summed E-state index contributed by atoms with van der Waals surface area (Å²) >= 11 is 0. The van der Waals surface area contributed by atoms with Crippen molar-refractivity contribution in [2.75, 3.05) is 12.1 Å². The van der Waals surface area contributed by atoms with Crippen LogP contribution in [0, 0.1) is 18.8 Å². The molecular weight excluding hydrogens is 486 g/mol. The third-order valence-electron chi connectivity index (χ3n) is 8.22. The highest BCUT2D eigenvalue weighted by Gasteiger charge is 2.70. The van der Waals surface area contributed by atoms with E-state index in [0.717, 1.165) is 16.7 Å². The number of nitrogens with one attached hydrogen (secondary N) is 2. The monoisotopic (exact) mass is 511 g/mol. The van der Waals surface area contributed by atoms with Crippen LogP contribution in [0.3, 0.4) is 0 Å². The third-order valence-corrected chi connectivity index (χ3v) is 8.22. The van der Waals surface area contributed by atoms with Crippen LogP contribution in [-0.4, -0.2) is 40.6 Å². The van der Waals surface area contributed by atoms with Gasteiger partial charge in [-0.3, -0.25) is 24.6 Å². The van der Waals surface area contributed by atoms with Crippen LogP contribution in [0.15, 0.2) is 60.7 Å². The molecule has 38 heavy (non-hydrogen) atoms. The molecule has 9 heteroatoms. The Balaban J connectivity index is 1.30. The fraction of sp³-hybridized carbons (Fsp3) is 0.276. The standard InChI is InChI=1S/C29H25N3O6/c1-15-3-2-4-19-25(15)30-28(36)29(19)24-23(20(31-29)11-16-5-8-18(33)9-6-16)26(34)32(27(24)35)13-17-7-10-21-22(12-17)38-14-37-21/h2-10,12,20,23-24,31,33H,11,13-14H2,1H3,(H,30,36)/t20-,23+,24-,29+/m0/s1. The molecule has 0 aliphatic carbocycles. The number of ether oxygens (including phenoxy) is 2. The number of fused-ring (bicyclic) bond motifs is 5. The van der Waals surface area contributed by atoms with Crippen LogP contribution >= 0.6 is 0 Å². The maximum absolute atomic E-state index is 14.1. The largest absolute Gasteiger partial charge is 0.508 e. The molecule has 192 valence electrons. The number of nitrogens with zero attached hydrogens (tertiary/aromatic N) is 1. The van der Waals surface area contributed by atoms with E-state index >= 15 is 0 Å². The number of phenols is 1. The van der Waals surface area contributed by atoms with E-state index in [1.165, 1.54) is 4.90 Å². The molecule has 3 amide bonds. The number of anilines is 1. The number of para-hydroxylation sites is 1. The van der Waals surface area contributed by atoms with Crippen molar-refractivity contribution >= 4 is 23.4 Å². The minimum absolute atomic E-state index is 0.0750. The second kappa shape index (κ2) is 8.06. The number of likely N-dealkylation sites (tertiary alicyclic amines) is 1. The van der Waals surface area contributed by atoms with Crippen molar-refractivity contribution in [2.24, 2.45) is 11.8 Å². The van der Waals surface area contributed by atoms with Gasteiger partial charge in [-0.25, -0.2) is 0 Å². The number of carbonyl (C=O) groups excluding carboxylic acids is 3. The van der Waals surface area contributed by atoms with Gasteiger partial charge in [-0.05, 0) is 54.3 Å². The normalized spacial score (nSPS) is 26.7. The van der Waals surface area contributed by atoms with Gasteiger partial charge in [0.25, 0.3) is 0 Å².